The molecule has 0 atom stereocenters. The smallest absolute Gasteiger partial charge is 0.246 e. The number of rotatable bonds is 7. The highest BCUT2D eigenvalue weighted by molar-refractivity contribution is 7.71. The van der Waals surface area contributed by atoms with E-state index < -0.39 is 0 Å². The number of nitrogens with one attached hydrogen (secondary N) is 2. The minimum absolute atomic E-state index is 0.0717. The number of H-pyrrole nitrogens is 1. The summed E-state index contributed by atoms with van der Waals surface area (Å²) in [7, 11) is 0. The number of nitrogens with zero attached hydrogens (tertiary/aromatic N) is 3. The molecule has 0 saturated carbocycles. The molecule has 0 bridgehead atoms. The average Bonchev–Trinajstić information content (AvgIpc) is 3.45. The van der Waals surface area contributed by atoms with Crippen LogP contribution in [0.2, 0.25) is 0 Å². The fraction of sp³-hybridized carbons (Fsp3) is 0.238. The second-order valence-electron chi connectivity index (χ2n) is 6.83. The van der Waals surface area contributed by atoms with Crippen LogP contribution in [0.3, 0.4) is 0 Å². The van der Waals surface area contributed by atoms with Crippen molar-refractivity contribution in [2.45, 2.75) is 33.2 Å². The quantitative estimate of drug-likeness (QED) is 0.351. The normalized spacial score (nSPS) is 11.0. The molecule has 3 heterocycles. The van der Waals surface area contributed by atoms with Crippen LogP contribution in [-0.2, 0) is 17.8 Å². The van der Waals surface area contributed by atoms with Crippen LogP contribution in [0.5, 0.6) is 0 Å². The summed E-state index contributed by atoms with van der Waals surface area (Å²) in [5.41, 5.74) is 3.28. The van der Waals surface area contributed by atoms with Crippen LogP contribution in [0.15, 0.2) is 41.8 Å². The van der Waals surface area contributed by atoms with Gasteiger partial charge in [0.2, 0.25) is 5.91 Å². The lowest BCUT2D eigenvalue weighted by Crippen LogP contribution is -2.19. The minimum atomic E-state index is -0.191. The Hall–Kier alpha value is -2.62. The van der Waals surface area contributed by atoms with Crippen molar-refractivity contribution < 1.29 is 4.79 Å². The highest BCUT2D eigenvalue weighted by Crippen LogP contribution is 2.31. The number of benzene rings is 1. The van der Waals surface area contributed by atoms with Crippen LogP contribution in [0.4, 0.5) is 5.13 Å². The maximum atomic E-state index is 12.7. The first-order chi connectivity index (χ1) is 14.5. The number of amides is 1. The van der Waals surface area contributed by atoms with Crippen LogP contribution in [0, 0.1) is 11.7 Å². The van der Waals surface area contributed by atoms with Gasteiger partial charge in [-0.1, -0.05) is 43.7 Å². The van der Waals surface area contributed by atoms with Crippen molar-refractivity contribution in [3.63, 3.8) is 0 Å². The lowest BCUT2D eigenvalue weighted by Gasteiger charge is -2.05. The lowest BCUT2D eigenvalue weighted by molar-refractivity contribution is -0.116. The molecular formula is C21H21N5OS3. The molecule has 0 aliphatic carbocycles. The van der Waals surface area contributed by atoms with Crippen molar-refractivity contribution in [3.05, 3.63) is 57.0 Å². The maximum Gasteiger partial charge on any atom is 0.246 e. The summed E-state index contributed by atoms with van der Waals surface area (Å²) in [6.45, 7) is 4.26. The van der Waals surface area contributed by atoms with Crippen molar-refractivity contribution in [1.82, 2.24) is 19.7 Å². The zero-order valence-corrected chi connectivity index (χ0v) is 19.1. The third kappa shape index (κ3) is 4.43. The van der Waals surface area contributed by atoms with E-state index in [1.165, 1.54) is 16.9 Å². The molecule has 4 rings (SSSR count). The summed E-state index contributed by atoms with van der Waals surface area (Å²) in [6.07, 6.45) is 2.20. The molecule has 6 nitrogen and oxygen atoms in total. The fourth-order valence-electron chi connectivity index (χ4n) is 3.20. The molecule has 0 aliphatic rings. The Labute approximate surface area is 187 Å². The molecular weight excluding hydrogens is 434 g/mol. The number of aromatic amines is 1. The number of hydrogen-bond acceptors (Lipinski definition) is 6. The molecule has 3 aromatic heterocycles. The highest BCUT2D eigenvalue weighted by atomic mass is 32.1. The van der Waals surface area contributed by atoms with Crippen molar-refractivity contribution in [1.29, 1.82) is 0 Å². The Morgan fingerprint density at radius 1 is 1.27 bits per heavy atom. The number of hydrogen-bond donors (Lipinski definition) is 2. The van der Waals surface area contributed by atoms with E-state index in [1.807, 2.05) is 24.4 Å². The number of carbonyl (C=O) groups is 1. The van der Waals surface area contributed by atoms with Gasteiger partial charge in [-0.3, -0.25) is 14.5 Å². The summed E-state index contributed by atoms with van der Waals surface area (Å²) in [4.78, 5) is 19.3. The van der Waals surface area contributed by atoms with Gasteiger partial charge in [0.25, 0.3) is 0 Å². The molecule has 154 valence electrons. The predicted molar refractivity (Wildman–Crippen MR) is 126 cm³/mol. The minimum Gasteiger partial charge on any atom is -0.300 e. The van der Waals surface area contributed by atoms with E-state index in [1.54, 1.807) is 15.9 Å². The van der Waals surface area contributed by atoms with Gasteiger partial charge >= 0.3 is 0 Å². The molecule has 0 radical (unpaired) electrons. The summed E-state index contributed by atoms with van der Waals surface area (Å²) in [5, 5.41) is 12.5. The Morgan fingerprint density at radius 3 is 2.77 bits per heavy atom. The van der Waals surface area contributed by atoms with E-state index in [9.17, 15) is 4.79 Å². The van der Waals surface area contributed by atoms with Crippen LogP contribution in [0.1, 0.15) is 23.8 Å². The van der Waals surface area contributed by atoms with E-state index in [-0.39, 0.29) is 12.5 Å². The van der Waals surface area contributed by atoms with E-state index in [4.69, 9.17) is 12.2 Å². The van der Waals surface area contributed by atoms with Gasteiger partial charge in [0.15, 0.2) is 15.7 Å². The topological polar surface area (TPSA) is 75.6 Å². The summed E-state index contributed by atoms with van der Waals surface area (Å²) in [6, 6.07) is 12.4. The number of aromatic nitrogens is 4. The summed E-state index contributed by atoms with van der Waals surface area (Å²) < 4.78 is 2.11. The van der Waals surface area contributed by atoms with E-state index in [0.29, 0.717) is 15.7 Å². The van der Waals surface area contributed by atoms with E-state index in [2.05, 4.69) is 51.7 Å². The molecule has 9 heteroatoms. The van der Waals surface area contributed by atoms with Crippen molar-refractivity contribution in [3.8, 4) is 22.0 Å². The van der Waals surface area contributed by atoms with Gasteiger partial charge < -0.3 is 5.32 Å². The van der Waals surface area contributed by atoms with Crippen molar-refractivity contribution in [2.75, 3.05) is 5.32 Å². The molecule has 0 fully saturated rings. The van der Waals surface area contributed by atoms with Crippen molar-refractivity contribution >= 4 is 45.9 Å². The second kappa shape index (κ2) is 9.03. The van der Waals surface area contributed by atoms with Crippen LogP contribution >= 0.6 is 34.9 Å². The number of carbonyl (C=O) groups excluding carboxylic acids is 1. The Kier molecular flexibility index (Phi) is 6.21. The lowest BCUT2D eigenvalue weighted by atomic mass is 10.1. The number of thiophene rings is 1. The number of aryl methyl sites for hydroxylation is 2. The van der Waals surface area contributed by atoms with Crippen LogP contribution in [0.25, 0.3) is 22.0 Å². The molecule has 0 spiro atoms. The predicted octanol–water partition coefficient (Wildman–Crippen LogP) is 5.69. The SMILES string of the molecule is CCCc1ccc(-c2nc(NC(=O)Cn3c(-c4cccs4)n[nH]c3=S)sc2C)cc1. The molecule has 2 N–H and O–H groups in total. The number of thiazole rings is 1. The second-order valence-corrected chi connectivity index (χ2v) is 9.37. The zero-order valence-electron chi connectivity index (χ0n) is 16.6. The molecule has 4 aromatic rings. The van der Waals surface area contributed by atoms with Gasteiger partial charge in [0.1, 0.15) is 6.54 Å². The Bertz CT molecular complexity index is 1200. The van der Waals surface area contributed by atoms with Gasteiger partial charge in [-0.05, 0) is 42.6 Å². The molecule has 30 heavy (non-hydrogen) atoms. The van der Waals surface area contributed by atoms with Gasteiger partial charge in [0, 0.05) is 10.4 Å². The third-order valence-corrected chi connectivity index (χ3v) is 6.67. The van der Waals surface area contributed by atoms with Gasteiger partial charge in [-0.25, -0.2) is 4.98 Å². The zero-order chi connectivity index (χ0) is 21.1. The summed E-state index contributed by atoms with van der Waals surface area (Å²) in [5.74, 6) is 0.470. The highest BCUT2D eigenvalue weighted by Gasteiger charge is 2.16. The molecule has 0 unspecified atom stereocenters. The summed E-state index contributed by atoms with van der Waals surface area (Å²) >= 11 is 8.33. The monoisotopic (exact) mass is 455 g/mol. The maximum absolute atomic E-state index is 12.7. The molecule has 0 saturated heterocycles. The van der Waals surface area contributed by atoms with Gasteiger partial charge in [0.05, 0.1) is 10.6 Å². The molecule has 1 aromatic carbocycles. The largest absolute Gasteiger partial charge is 0.300 e. The average molecular weight is 456 g/mol. The molecule has 0 aliphatic heterocycles. The Balaban J connectivity index is 1.49. The van der Waals surface area contributed by atoms with Gasteiger partial charge in [-0.2, -0.15) is 5.10 Å². The van der Waals surface area contributed by atoms with Crippen molar-refractivity contribution in [2.24, 2.45) is 0 Å². The third-order valence-electron chi connectivity index (χ3n) is 4.61. The first kappa shape index (κ1) is 20.6. The van der Waals surface area contributed by atoms with E-state index in [0.717, 1.165) is 33.9 Å². The van der Waals surface area contributed by atoms with E-state index >= 15 is 0 Å². The molecule has 1 amide bonds. The first-order valence-corrected chi connectivity index (χ1v) is 11.7. The van der Waals surface area contributed by atoms with Crippen LogP contribution < -0.4 is 5.32 Å². The number of anilines is 1. The Morgan fingerprint density at radius 2 is 2.07 bits per heavy atom. The first-order valence-electron chi connectivity index (χ1n) is 9.61. The fourth-order valence-corrected chi connectivity index (χ4v) is 4.97. The van der Waals surface area contributed by atoms with Gasteiger partial charge in [-0.15, -0.1) is 22.7 Å². The standard InChI is InChI=1S/C21H21N5OS3/c1-3-5-14-7-9-15(10-8-14)18-13(2)30-20(23-18)22-17(27)12-26-19(24-25-21(26)28)16-6-4-11-29-16/h4,6-11H,3,5,12H2,1-2H3,(H,25,28)(H,22,23,27). The van der Waals surface area contributed by atoms with Crippen LogP contribution in [-0.4, -0.2) is 25.7 Å².